The minimum atomic E-state index is -0.201. The fraction of sp³-hybridized carbons (Fsp3) is 0.429. The Morgan fingerprint density at radius 2 is 2.24 bits per heavy atom. The van der Waals surface area contributed by atoms with Crippen LogP contribution >= 0.6 is 15.9 Å². The lowest BCUT2D eigenvalue weighted by molar-refractivity contribution is 0.516. The van der Waals surface area contributed by atoms with Gasteiger partial charge in [-0.25, -0.2) is 4.39 Å². The Hall–Kier alpha value is -0.850. The Morgan fingerprint density at radius 1 is 1.47 bits per heavy atom. The van der Waals surface area contributed by atoms with E-state index in [2.05, 4.69) is 33.1 Å². The van der Waals surface area contributed by atoms with Crippen molar-refractivity contribution in [1.82, 2.24) is 5.32 Å². The molecular weight excluding hydrogens is 281 g/mol. The summed E-state index contributed by atoms with van der Waals surface area (Å²) < 4.78 is 14.2. The van der Waals surface area contributed by atoms with Crippen LogP contribution in [-0.4, -0.2) is 6.54 Å². The fourth-order valence-electron chi connectivity index (χ4n) is 1.74. The molecule has 0 saturated heterocycles. The van der Waals surface area contributed by atoms with Gasteiger partial charge in [0.1, 0.15) is 5.82 Å². The Balaban J connectivity index is 2.86. The lowest BCUT2D eigenvalue weighted by Gasteiger charge is -2.18. The average Bonchev–Trinajstić information content (AvgIpc) is 2.32. The third-order valence-electron chi connectivity index (χ3n) is 2.52. The van der Waals surface area contributed by atoms with Gasteiger partial charge in [0.05, 0.1) is 0 Å². The summed E-state index contributed by atoms with van der Waals surface area (Å²) in [6.45, 7) is 4.74. The van der Waals surface area contributed by atoms with Crippen LogP contribution in [0.1, 0.15) is 38.3 Å². The van der Waals surface area contributed by atoms with Crippen molar-refractivity contribution in [3.05, 3.63) is 34.1 Å². The maximum Gasteiger partial charge on any atom is 0.123 e. The molecular formula is C14H17BrFN. The highest BCUT2D eigenvalue weighted by Crippen LogP contribution is 2.27. The van der Waals surface area contributed by atoms with E-state index >= 15 is 0 Å². The smallest absolute Gasteiger partial charge is 0.123 e. The van der Waals surface area contributed by atoms with E-state index < -0.39 is 0 Å². The Labute approximate surface area is 111 Å². The minimum absolute atomic E-state index is 0.144. The van der Waals surface area contributed by atoms with Gasteiger partial charge < -0.3 is 5.32 Å². The van der Waals surface area contributed by atoms with Crippen LogP contribution in [0.5, 0.6) is 0 Å². The Bertz CT molecular complexity index is 420. The summed E-state index contributed by atoms with van der Waals surface area (Å²) in [5.41, 5.74) is 0.963. The van der Waals surface area contributed by atoms with Crippen molar-refractivity contribution in [1.29, 1.82) is 0 Å². The van der Waals surface area contributed by atoms with E-state index in [0.717, 1.165) is 29.4 Å². The molecule has 1 aromatic rings. The second-order valence-electron chi connectivity index (χ2n) is 3.74. The Morgan fingerprint density at radius 3 is 2.88 bits per heavy atom. The highest BCUT2D eigenvalue weighted by atomic mass is 79.9. The van der Waals surface area contributed by atoms with Crippen LogP contribution in [-0.2, 0) is 0 Å². The van der Waals surface area contributed by atoms with Crippen molar-refractivity contribution in [3.63, 3.8) is 0 Å². The summed E-state index contributed by atoms with van der Waals surface area (Å²) >= 11 is 3.47. The Kier molecular flexibility index (Phi) is 6.25. The summed E-state index contributed by atoms with van der Waals surface area (Å²) in [6.07, 6.45) is 1.70. The average molecular weight is 298 g/mol. The molecule has 0 aliphatic rings. The normalized spacial score (nSPS) is 11.8. The number of hydrogen-bond donors (Lipinski definition) is 1. The summed E-state index contributed by atoms with van der Waals surface area (Å²) in [5, 5.41) is 3.36. The molecule has 0 radical (unpaired) electrons. The molecule has 0 spiro atoms. The van der Waals surface area contributed by atoms with Crippen molar-refractivity contribution in [2.75, 3.05) is 6.54 Å². The van der Waals surface area contributed by atoms with Crippen LogP contribution in [0.2, 0.25) is 0 Å². The first-order chi connectivity index (χ1) is 8.19. The lowest BCUT2D eigenvalue weighted by Crippen LogP contribution is -2.21. The summed E-state index contributed by atoms with van der Waals surface area (Å²) in [7, 11) is 0. The molecule has 1 N–H and O–H groups in total. The molecule has 0 aliphatic carbocycles. The number of halogens is 2. The number of benzene rings is 1. The molecule has 1 rings (SSSR count). The minimum Gasteiger partial charge on any atom is -0.310 e. The molecule has 0 amide bonds. The second-order valence-corrected chi connectivity index (χ2v) is 4.60. The van der Waals surface area contributed by atoms with Gasteiger partial charge >= 0.3 is 0 Å². The van der Waals surface area contributed by atoms with E-state index in [0.29, 0.717) is 0 Å². The topological polar surface area (TPSA) is 12.0 Å². The first-order valence-electron chi connectivity index (χ1n) is 5.77. The first-order valence-corrected chi connectivity index (χ1v) is 6.56. The molecule has 92 valence electrons. The van der Waals surface area contributed by atoms with Crippen molar-refractivity contribution in [3.8, 4) is 11.8 Å². The van der Waals surface area contributed by atoms with Gasteiger partial charge in [-0.15, -0.1) is 11.8 Å². The zero-order valence-electron chi connectivity index (χ0n) is 10.2. The van der Waals surface area contributed by atoms with Gasteiger partial charge in [0.15, 0.2) is 0 Å². The zero-order chi connectivity index (χ0) is 12.7. The third-order valence-corrected chi connectivity index (χ3v) is 3.24. The summed E-state index contributed by atoms with van der Waals surface area (Å²) in [6, 6.07) is 4.94. The van der Waals surface area contributed by atoms with Gasteiger partial charge in [-0.1, -0.05) is 22.9 Å². The van der Waals surface area contributed by atoms with E-state index in [-0.39, 0.29) is 11.9 Å². The highest BCUT2D eigenvalue weighted by molar-refractivity contribution is 9.10. The molecule has 0 aromatic heterocycles. The van der Waals surface area contributed by atoms with Gasteiger partial charge in [-0.3, -0.25) is 0 Å². The first kappa shape index (κ1) is 14.2. The van der Waals surface area contributed by atoms with Crippen LogP contribution in [0, 0.1) is 17.7 Å². The third kappa shape index (κ3) is 4.49. The van der Waals surface area contributed by atoms with Crippen molar-refractivity contribution < 1.29 is 4.39 Å². The molecule has 1 nitrogen and oxygen atoms in total. The van der Waals surface area contributed by atoms with Gasteiger partial charge in [0.25, 0.3) is 0 Å². The van der Waals surface area contributed by atoms with Gasteiger partial charge in [0, 0.05) is 16.9 Å². The van der Waals surface area contributed by atoms with Crippen LogP contribution in [0.15, 0.2) is 22.7 Å². The maximum atomic E-state index is 13.3. The van der Waals surface area contributed by atoms with E-state index in [1.807, 2.05) is 13.8 Å². The molecule has 0 saturated carbocycles. The van der Waals surface area contributed by atoms with E-state index in [4.69, 9.17) is 0 Å². The van der Waals surface area contributed by atoms with Crippen molar-refractivity contribution >= 4 is 15.9 Å². The van der Waals surface area contributed by atoms with E-state index in [1.54, 1.807) is 12.1 Å². The second kappa shape index (κ2) is 7.47. The van der Waals surface area contributed by atoms with E-state index in [1.165, 1.54) is 6.07 Å². The number of rotatable bonds is 5. The van der Waals surface area contributed by atoms with Crippen molar-refractivity contribution in [2.45, 2.75) is 32.7 Å². The van der Waals surface area contributed by atoms with Gasteiger partial charge in [0.2, 0.25) is 0 Å². The van der Waals surface area contributed by atoms with Crippen LogP contribution < -0.4 is 5.32 Å². The molecule has 1 atom stereocenters. The molecule has 0 aliphatic heterocycles. The van der Waals surface area contributed by atoms with Crippen LogP contribution in [0.3, 0.4) is 0 Å². The molecule has 1 aromatic carbocycles. The molecule has 1 unspecified atom stereocenters. The maximum absolute atomic E-state index is 13.3. The quantitative estimate of drug-likeness (QED) is 0.809. The number of hydrogen-bond acceptors (Lipinski definition) is 1. The highest BCUT2D eigenvalue weighted by Gasteiger charge is 2.13. The molecule has 3 heteroatoms. The predicted octanol–water partition coefficient (Wildman–Crippen LogP) is 4.04. The van der Waals surface area contributed by atoms with Gasteiger partial charge in [-0.05, 0) is 43.7 Å². The van der Waals surface area contributed by atoms with Gasteiger partial charge in [-0.2, -0.15) is 0 Å². The predicted molar refractivity (Wildman–Crippen MR) is 73.2 cm³/mol. The largest absolute Gasteiger partial charge is 0.310 e. The van der Waals surface area contributed by atoms with E-state index in [9.17, 15) is 4.39 Å². The molecule has 0 fully saturated rings. The number of nitrogens with one attached hydrogen (secondary N) is 1. The standard InChI is InChI=1S/C14H17BrFN/c1-3-5-6-7-14(17-4-2)12-10-11(16)8-9-13(12)15/h8-10,14,17H,4,6-7H2,1-2H3. The summed E-state index contributed by atoms with van der Waals surface area (Å²) in [5.74, 6) is 5.72. The monoisotopic (exact) mass is 297 g/mol. The zero-order valence-corrected chi connectivity index (χ0v) is 11.8. The lowest BCUT2D eigenvalue weighted by atomic mass is 10.0. The molecule has 17 heavy (non-hydrogen) atoms. The van der Waals surface area contributed by atoms with Crippen LogP contribution in [0.25, 0.3) is 0 Å². The van der Waals surface area contributed by atoms with Crippen LogP contribution in [0.4, 0.5) is 4.39 Å². The fourth-order valence-corrected chi connectivity index (χ4v) is 2.26. The molecule has 0 heterocycles. The SMILES string of the molecule is CC#CCCC(NCC)c1cc(F)ccc1Br. The summed E-state index contributed by atoms with van der Waals surface area (Å²) in [4.78, 5) is 0. The van der Waals surface area contributed by atoms with Crippen molar-refractivity contribution in [2.24, 2.45) is 0 Å². The molecule has 0 bridgehead atoms.